The Kier molecular flexibility index (Phi) is 2.83. The van der Waals surface area contributed by atoms with Gasteiger partial charge < -0.3 is 14.4 Å². The lowest BCUT2D eigenvalue weighted by molar-refractivity contribution is 0.0749. The maximum atomic E-state index is 12.8. The number of carbonyl (C=O) groups is 1. The summed E-state index contributed by atoms with van der Waals surface area (Å²) in [6.07, 6.45) is 5.07. The van der Waals surface area contributed by atoms with E-state index in [2.05, 4.69) is 28.6 Å². The normalized spacial score (nSPS) is 21.8. The fourth-order valence-corrected chi connectivity index (χ4v) is 4.77. The highest BCUT2D eigenvalue weighted by Crippen LogP contribution is 2.49. The van der Waals surface area contributed by atoms with Gasteiger partial charge in [-0.15, -0.1) is 0 Å². The van der Waals surface area contributed by atoms with Crippen molar-refractivity contribution in [2.45, 2.75) is 32.6 Å². The van der Waals surface area contributed by atoms with E-state index in [1.807, 2.05) is 11.8 Å². The fraction of sp³-hybridized carbons (Fsp3) is 0.579. The van der Waals surface area contributed by atoms with Gasteiger partial charge in [0.1, 0.15) is 11.5 Å². The Labute approximate surface area is 142 Å². The van der Waals surface area contributed by atoms with Gasteiger partial charge in [-0.1, -0.05) is 6.42 Å². The van der Waals surface area contributed by atoms with Gasteiger partial charge in [-0.25, -0.2) is 4.98 Å². The third-order valence-corrected chi connectivity index (χ3v) is 6.43. The summed E-state index contributed by atoms with van der Waals surface area (Å²) in [6, 6.07) is 4.21. The second-order valence-corrected chi connectivity index (χ2v) is 7.77. The molecule has 1 spiro atoms. The van der Waals surface area contributed by atoms with Crippen LogP contribution in [-0.4, -0.2) is 46.5 Å². The number of rotatable bonds is 2. The molecule has 0 aromatic carbocycles. The monoisotopic (exact) mass is 324 g/mol. The number of carbonyl (C=O) groups excluding carboxylic acids is 1. The van der Waals surface area contributed by atoms with Gasteiger partial charge in [0.05, 0.1) is 5.56 Å². The van der Waals surface area contributed by atoms with E-state index in [1.54, 1.807) is 0 Å². The standard InChI is InChI=1S/C19H24N4O/c1-3-22-10-7-14-16(18(22)24)13-5-6-15(20-17(13)21(14)2)23-11-19(12-23)8-4-9-19/h5-6H,3-4,7-12H2,1-2H3. The van der Waals surface area contributed by atoms with Crippen LogP contribution >= 0.6 is 0 Å². The molecule has 1 saturated heterocycles. The number of amides is 1. The Morgan fingerprint density at radius 1 is 1.25 bits per heavy atom. The molecule has 0 unspecified atom stereocenters. The van der Waals surface area contributed by atoms with Crippen LogP contribution in [0.25, 0.3) is 11.0 Å². The second-order valence-electron chi connectivity index (χ2n) is 7.77. The summed E-state index contributed by atoms with van der Waals surface area (Å²) in [5.74, 6) is 1.23. The van der Waals surface area contributed by atoms with Gasteiger partial charge in [-0.05, 0) is 31.9 Å². The van der Waals surface area contributed by atoms with Gasteiger partial charge in [0.15, 0.2) is 0 Å². The Hall–Kier alpha value is -2.04. The molecular formula is C19H24N4O. The Bertz CT molecular complexity index is 841. The molecule has 3 aliphatic rings. The highest BCUT2D eigenvalue weighted by atomic mass is 16.2. The molecule has 2 aromatic heterocycles. The van der Waals surface area contributed by atoms with Crippen LogP contribution in [0.5, 0.6) is 0 Å². The fourth-order valence-electron chi connectivity index (χ4n) is 4.77. The van der Waals surface area contributed by atoms with Crippen molar-refractivity contribution in [2.24, 2.45) is 12.5 Å². The summed E-state index contributed by atoms with van der Waals surface area (Å²) < 4.78 is 2.14. The molecule has 0 N–H and O–H groups in total. The van der Waals surface area contributed by atoms with Gasteiger partial charge in [0, 0.05) is 56.1 Å². The molecule has 5 nitrogen and oxygen atoms in total. The summed E-state index contributed by atoms with van der Waals surface area (Å²) in [6.45, 7) is 5.94. The maximum Gasteiger partial charge on any atom is 0.256 e. The molecule has 24 heavy (non-hydrogen) atoms. The molecule has 2 fully saturated rings. The first-order chi connectivity index (χ1) is 11.6. The number of aromatic nitrogens is 2. The molecule has 1 saturated carbocycles. The number of fused-ring (bicyclic) bond motifs is 3. The van der Waals surface area contributed by atoms with Crippen LogP contribution in [0.2, 0.25) is 0 Å². The van der Waals surface area contributed by atoms with Crippen molar-refractivity contribution in [1.29, 1.82) is 0 Å². The van der Waals surface area contributed by atoms with Crippen LogP contribution in [0, 0.1) is 5.41 Å². The number of likely N-dealkylation sites (N-methyl/N-ethyl adjacent to an activating group) is 1. The minimum absolute atomic E-state index is 0.163. The lowest BCUT2D eigenvalue weighted by atomic mass is 9.63. The average molecular weight is 324 g/mol. The molecule has 0 bridgehead atoms. The summed E-state index contributed by atoms with van der Waals surface area (Å²) >= 11 is 0. The van der Waals surface area contributed by atoms with Gasteiger partial charge in [0.25, 0.3) is 5.91 Å². The van der Waals surface area contributed by atoms with Crippen LogP contribution in [-0.2, 0) is 13.5 Å². The molecule has 5 rings (SSSR count). The summed E-state index contributed by atoms with van der Waals surface area (Å²) in [5, 5.41) is 1.01. The molecule has 5 heteroatoms. The van der Waals surface area contributed by atoms with Crippen LogP contribution in [0.15, 0.2) is 12.1 Å². The lowest BCUT2D eigenvalue weighted by Crippen LogP contribution is -2.60. The molecule has 1 amide bonds. The van der Waals surface area contributed by atoms with Gasteiger partial charge in [0.2, 0.25) is 0 Å². The minimum atomic E-state index is 0.163. The smallest absolute Gasteiger partial charge is 0.256 e. The molecule has 4 heterocycles. The van der Waals surface area contributed by atoms with Crippen molar-refractivity contribution in [3.63, 3.8) is 0 Å². The molecule has 1 aliphatic carbocycles. The number of aryl methyl sites for hydroxylation is 1. The first kappa shape index (κ1) is 14.3. The average Bonchev–Trinajstić information content (AvgIpc) is 2.79. The van der Waals surface area contributed by atoms with Crippen molar-refractivity contribution in [3.8, 4) is 0 Å². The first-order valence-electron chi connectivity index (χ1n) is 9.14. The topological polar surface area (TPSA) is 41.4 Å². The number of pyridine rings is 1. The van der Waals surface area contributed by atoms with Crippen molar-refractivity contribution in [2.75, 3.05) is 31.1 Å². The molecule has 0 atom stereocenters. The summed E-state index contributed by atoms with van der Waals surface area (Å²) in [4.78, 5) is 22.0. The third-order valence-electron chi connectivity index (χ3n) is 6.43. The highest BCUT2D eigenvalue weighted by molar-refractivity contribution is 6.08. The number of hydrogen-bond acceptors (Lipinski definition) is 3. The van der Waals surface area contributed by atoms with Crippen LogP contribution in [0.1, 0.15) is 42.2 Å². The predicted molar refractivity (Wildman–Crippen MR) is 94.5 cm³/mol. The van der Waals surface area contributed by atoms with Gasteiger partial charge >= 0.3 is 0 Å². The van der Waals surface area contributed by atoms with Crippen LogP contribution < -0.4 is 4.90 Å². The quantitative estimate of drug-likeness (QED) is 0.852. The molecule has 2 aromatic rings. The van der Waals surface area contributed by atoms with E-state index in [0.29, 0.717) is 5.41 Å². The van der Waals surface area contributed by atoms with E-state index in [0.717, 1.165) is 60.7 Å². The number of hydrogen-bond donors (Lipinski definition) is 0. The van der Waals surface area contributed by atoms with E-state index in [9.17, 15) is 4.79 Å². The molecule has 126 valence electrons. The number of anilines is 1. The van der Waals surface area contributed by atoms with Crippen molar-refractivity contribution in [3.05, 3.63) is 23.4 Å². The largest absolute Gasteiger partial charge is 0.355 e. The van der Waals surface area contributed by atoms with Gasteiger partial charge in [-0.3, -0.25) is 4.79 Å². The Balaban J connectivity index is 1.54. The van der Waals surface area contributed by atoms with E-state index < -0.39 is 0 Å². The van der Waals surface area contributed by atoms with E-state index >= 15 is 0 Å². The van der Waals surface area contributed by atoms with E-state index in [-0.39, 0.29) is 5.91 Å². The summed E-state index contributed by atoms with van der Waals surface area (Å²) in [7, 11) is 2.05. The maximum absolute atomic E-state index is 12.8. The summed E-state index contributed by atoms with van der Waals surface area (Å²) in [5.41, 5.74) is 3.57. The van der Waals surface area contributed by atoms with Crippen molar-refractivity contribution < 1.29 is 4.79 Å². The van der Waals surface area contributed by atoms with Crippen LogP contribution in [0.3, 0.4) is 0 Å². The van der Waals surface area contributed by atoms with Crippen molar-refractivity contribution in [1.82, 2.24) is 14.5 Å². The zero-order chi connectivity index (χ0) is 16.5. The second kappa shape index (κ2) is 4.74. The van der Waals surface area contributed by atoms with Gasteiger partial charge in [-0.2, -0.15) is 0 Å². The first-order valence-corrected chi connectivity index (χ1v) is 9.14. The zero-order valence-corrected chi connectivity index (χ0v) is 14.5. The minimum Gasteiger partial charge on any atom is -0.355 e. The SMILES string of the molecule is CCN1CCc2c(c3ccc(N4CC5(CCC5)C4)nc3n2C)C1=O. The van der Waals surface area contributed by atoms with Crippen LogP contribution in [0.4, 0.5) is 5.82 Å². The predicted octanol–water partition coefficient (Wildman–Crippen LogP) is 2.58. The lowest BCUT2D eigenvalue weighted by Gasteiger charge is -2.56. The Morgan fingerprint density at radius 2 is 2.04 bits per heavy atom. The Morgan fingerprint density at radius 3 is 2.71 bits per heavy atom. The van der Waals surface area contributed by atoms with E-state index in [4.69, 9.17) is 4.98 Å². The number of nitrogens with zero attached hydrogens (tertiary/aromatic N) is 4. The molecular weight excluding hydrogens is 300 g/mol. The molecule has 0 radical (unpaired) electrons. The zero-order valence-electron chi connectivity index (χ0n) is 14.5. The highest BCUT2D eigenvalue weighted by Gasteiger charge is 2.47. The molecule has 2 aliphatic heterocycles. The van der Waals surface area contributed by atoms with E-state index in [1.165, 1.54) is 19.3 Å². The van der Waals surface area contributed by atoms with Crippen molar-refractivity contribution >= 4 is 22.8 Å². The third kappa shape index (κ3) is 1.75.